The van der Waals surface area contributed by atoms with Crippen molar-refractivity contribution in [2.45, 2.75) is 38.1 Å². The van der Waals surface area contributed by atoms with Gasteiger partial charge in [-0.25, -0.2) is 0 Å². The van der Waals surface area contributed by atoms with Gasteiger partial charge in [0.25, 0.3) is 0 Å². The van der Waals surface area contributed by atoms with Crippen LogP contribution in [0.4, 0.5) is 11.4 Å². The second-order valence-corrected chi connectivity index (χ2v) is 4.90. The number of fused-ring (bicyclic) bond motifs is 1. The fourth-order valence-corrected chi connectivity index (χ4v) is 2.95. The van der Waals surface area contributed by atoms with Crippen molar-refractivity contribution in [3.8, 4) is 0 Å². The lowest BCUT2D eigenvalue weighted by molar-refractivity contribution is -0.118. The van der Waals surface area contributed by atoms with E-state index in [0.717, 1.165) is 30.8 Å². The van der Waals surface area contributed by atoms with Crippen molar-refractivity contribution in [3.05, 3.63) is 24.3 Å². The molecule has 90 valence electrons. The van der Waals surface area contributed by atoms with Crippen molar-refractivity contribution in [2.75, 3.05) is 16.8 Å². The Bertz CT molecular complexity index is 424. The monoisotopic (exact) mass is 230 g/mol. The first kappa shape index (κ1) is 10.6. The molecule has 3 heteroatoms. The van der Waals surface area contributed by atoms with Crippen LogP contribution in [0.2, 0.25) is 0 Å². The minimum Gasteiger partial charge on any atom is -0.383 e. The molecule has 1 fully saturated rings. The molecular weight excluding hydrogens is 212 g/mol. The number of nitrogens with zero attached hydrogens (tertiary/aromatic N) is 1. The van der Waals surface area contributed by atoms with E-state index in [1.807, 2.05) is 17.0 Å². The fourth-order valence-electron chi connectivity index (χ4n) is 2.95. The number of para-hydroxylation sites is 2. The third kappa shape index (κ3) is 1.90. The van der Waals surface area contributed by atoms with Gasteiger partial charge in [0.15, 0.2) is 0 Å². The summed E-state index contributed by atoms with van der Waals surface area (Å²) in [7, 11) is 0. The predicted molar refractivity (Wildman–Crippen MR) is 69.3 cm³/mol. The molecule has 3 rings (SSSR count). The van der Waals surface area contributed by atoms with E-state index in [1.165, 1.54) is 12.8 Å². The lowest BCUT2D eigenvalue weighted by Crippen LogP contribution is -2.38. The van der Waals surface area contributed by atoms with E-state index in [-0.39, 0.29) is 5.91 Å². The molecule has 0 radical (unpaired) electrons. The minimum absolute atomic E-state index is 0.273. The van der Waals surface area contributed by atoms with E-state index >= 15 is 0 Å². The summed E-state index contributed by atoms with van der Waals surface area (Å²) < 4.78 is 0. The van der Waals surface area contributed by atoms with Gasteiger partial charge < -0.3 is 10.2 Å². The van der Waals surface area contributed by atoms with Crippen molar-refractivity contribution in [1.82, 2.24) is 0 Å². The van der Waals surface area contributed by atoms with Crippen LogP contribution in [0.5, 0.6) is 0 Å². The summed E-state index contributed by atoms with van der Waals surface area (Å²) in [5, 5.41) is 3.35. The van der Waals surface area contributed by atoms with Crippen LogP contribution in [-0.4, -0.2) is 18.5 Å². The Hall–Kier alpha value is -1.51. The Morgan fingerprint density at radius 2 is 1.94 bits per heavy atom. The van der Waals surface area contributed by atoms with Crippen LogP contribution in [0.15, 0.2) is 24.3 Å². The smallest absolute Gasteiger partial charge is 0.229 e. The molecule has 1 aromatic rings. The lowest BCUT2D eigenvalue weighted by Gasteiger charge is -2.28. The van der Waals surface area contributed by atoms with Gasteiger partial charge in [0.2, 0.25) is 5.91 Å². The molecule has 1 aliphatic heterocycles. The topological polar surface area (TPSA) is 32.3 Å². The van der Waals surface area contributed by atoms with Crippen LogP contribution >= 0.6 is 0 Å². The number of nitrogens with one attached hydrogen (secondary N) is 1. The average Bonchev–Trinajstić information content (AvgIpc) is 2.80. The number of anilines is 2. The largest absolute Gasteiger partial charge is 0.383 e. The maximum absolute atomic E-state index is 12.2. The molecule has 0 unspecified atom stereocenters. The molecule has 1 amide bonds. The van der Waals surface area contributed by atoms with Crippen molar-refractivity contribution < 1.29 is 4.79 Å². The maximum Gasteiger partial charge on any atom is 0.229 e. The van der Waals surface area contributed by atoms with E-state index in [2.05, 4.69) is 17.4 Å². The van der Waals surface area contributed by atoms with Crippen LogP contribution in [0, 0.1) is 0 Å². The summed E-state index contributed by atoms with van der Waals surface area (Å²) >= 11 is 0. The lowest BCUT2D eigenvalue weighted by atomic mass is 10.1. The Morgan fingerprint density at radius 1 is 1.18 bits per heavy atom. The molecular formula is C14H18N2O. The predicted octanol–water partition coefficient (Wildman–Crippen LogP) is 2.78. The summed E-state index contributed by atoms with van der Waals surface area (Å²) in [4.78, 5) is 14.3. The highest BCUT2D eigenvalue weighted by molar-refractivity contribution is 5.98. The van der Waals surface area contributed by atoms with Gasteiger partial charge >= 0.3 is 0 Å². The molecule has 1 aliphatic carbocycles. The normalized spacial score (nSPS) is 20.9. The molecule has 0 bridgehead atoms. The van der Waals surface area contributed by atoms with Crippen LogP contribution in [0.25, 0.3) is 0 Å². The zero-order valence-electron chi connectivity index (χ0n) is 9.98. The first-order chi connectivity index (χ1) is 8.36. The highest BCUT2D eigenvalue weighted by atomic mass is 16.2. The first-order valence-corrected chi connectivity index (χ1v) is 6.51. The Labute approximate surface area is 102 Å². The van der Waals surface area contributed by atoms with Crippen LogP contribution in [-0.2, 0) is 4.79 Å². The molecule has 1 aromatic carbocycles. The summed E-state index contributed by atoms with van der Waals surface area (Å²) in [5.41, 5.74) is 2.17. The Morgan fingerprint density at radius 3 is 2.76 bits per heavy atom. The van der Waals surface area contributed by atoms with Gasteiger partial charge in [-0.05, 0) is 25.0 Å². The molecule has 0 saturated heterocycles. The number of carbonyl (C=O) groups is 1. The van der Waals surface area contributed by atoms with Crippen LogP contribution in [0.1, 0.15) is 32.1 Å². The summed E-state index contributed by atoms with van der Waals surface area (Å²) in [6.45, 7) is 0.749. The number of carbonyl (C=O) groups excluding carboxylic acids is 1. The van der Waals surface area contributed by atoms with E-state index in [4.69, 9.17) is 0 Å². The van der Waals surface area contributed by atoms with E-state index in [0.29, 0.717) is 12.5 Å². The Kier molecular flexibility index (Phi) is 2.75. The van der Waals surface area contributed by atoms with E-state index < -0.39 is 0 Å². The SMILES string of the molecule is O=C1CCNc2ccccc2N1C1CCCC1. The van der Waals surface area contributed by atoms with Gasteiger partial charge in [-0.15, -0.1) is 0 Å². The molecule has 0 spiro atoms. The second-order valence-electron chi connectivity index (χ2n) is 4.90. The standard InChI is InChI=1S/C14H18N2O/c17-14-9-10-15-12-7-3-4-8-13(12)16(14)11-5-1-2-6-11/h3-4,7-8,11,15H,1-2,5-6,9-10H2. The quantitative estimate of drug-likeness (QED) is 0.804. The zero-order chi connectivity index (χ0) is 11.7. The van der Waals surface area contributed by atoms with Gasteiger partial charge in [0.1, 0.15) is 0 Å². The van der Waals surface area contributed by atoms with Gasteiger partial charge in [0, 0.05) is 19.0 Å². The highest BCUT2D eigenvalue weighted by Gasteiger charge is 2.30. The summed E-state index contributed by atoms with van der Waals surface area (Å²) in [6.07, 6.45) is 5.42. The van der Waals surface area contributed by atoms with Gasteiger partial charge in [-0.1, -0.05) is 25.0 Å². The van der Waals surface area contributed by atoms with Crippen LogP contribution in [0.3, 0.4) is 0 Å². The van der Waals surface area contributed by atoms with E-state index in [9.17, 15) is 4.79 Å². The van der Waals surface area contributed by atoms with Gasteiger partial charge in [-0.3, -0.25) is 4.79 Å². The number of benzene rings is 1. The zero-order valence-corrected chi connectivity index (χ0v) is 9.98. The van der Waals surface area contributed by atoms with Crippen LogP contribution < -0.4 is 10.2 Å². The summed E-state index contributed by atoms with van der Waals surface area (Å²) in [5.74, 6) is 0.273. The Balaban J connectivity index is 2.00. The molecule has 2 aliphatic rings. The third-order valence-electron chi connectivity index (χ3n) is 3.78. The van der Waals surface area contributed by atoms with Crippen molar-refractivity contribution >= 4 is 17.3 Å². The molecule has 3 nitrogen and oxygen atoms in total. The molecule has 1 saturated carbocycles. The fraction of sp³-hybridized carbons (Fsp3) is 0.500. The number of hydrogen-bond donors (Lipinski definition) is 1. The minimum atomic E-state index is 0.273. The molecule has 1 N–H and O–H groups in total. The second kappa shape index (κ2) is 4.40. The molecule has 0 aromatic heterocycles. The summed E-state index contributed by atoms with van der Waals surface area (Å²) in [6, 6.07) is 8.58. The van der Waals surface area contributed by atoms with Crippen molar-refractivity contribution in [2.24, 2.45) is 0 Å². The molecule has 1 heterocycles. The van der Waals surface area contributed by atoms with Gasteiger partial charge in [0.05, 0.1) is 11.4 Å². The highest BCUT2D eigenvalue weighted by Crippen LogP contribution is 2.34. The number of amides is 1. The molecule has 17 heavy (non-hydrogen) atoms. The van der Waals surface area contributed by atoms with Crippen molar-refractivity contribution in [1.29, 1.82) is 0 Å². The number of hydrogen-bond acceptors (Lipinski definition) is 2. The average molecular weight is 230 g/mol. The van der Waals surface area contributed by atoms with E-state index in [1.54, 1.807) is 0 Å². The van der Waals surface area contributed by atoms with Crippen molar-refractivity contribution in [3.63, 3.8) is 0 Å². The third-order valence-corrected chi connectivity index (χ3v) is 3.78. The maximum atomic E-state index is 12.2. The first-order valence-electron chi connectivity index (χ1n) is 6.51. The molecule has 0 atom stereocenters. The number of rotatable bonds is 1. The van der Waals surface area contributed by atoms with Gasteiger partial charge in [-0.2, -0.15) is 0 Å².